The van der Waals surface area contributed by atoms with E-state index >= 15 is 0 Å². The van der Waals surface area contributed by atoms with E-state index in [1.54, 1.807) is 24.3 Å². The van der Waals surface area contributed by atoms with E-state index in [0.717, 1.165) is 5.56 Å². The fraction of sp³-hybridized carbons (Fsp3) is 0.200. The molecule has 0 aliphatic rings. The van der Waals surface area contributed by atoms with Gasteiger partial charge in [0.05, 0.1) is 24.1 Å². The average Bonchev–Trinajstić information content (AvgIpc) is 2.18. The van der Waals surface area contributed by atoms with Gasteiger partial charge in [0.25, 0.3) is 0 Å². The molecule has 0 bridgehead atoms. The van der Waals surface area contributed by atoms with Crippen LogP contribution in [0.1, 0.15) is 23.6 Å². The van der Waals surface area contributed by atoms with Crippen molar-refractivity contribution in [2.24, 2.45) is 5.73 Å². The Labute approximate surface area is 89.2 Å². The average molecular weight is 208 g/mol. The van der Waals surface area contributed by atoms with Crippen LogP contribution in [0.3, 0.4) is 0 Å². The van der Waals surface area contributed by atoms with Gasteiger partial charge in [-0.05, 0) is 17.7 Å². The van der Waals surface area contributed by atoms with Gasteiger partial charge >= 0.3 is 0 Å². The van der Waals surface area contributed by atoms with Crippen molar-refractivity contribution in [3.05, 3.63) is 35.4 Å². The third-order valence-corrected chi connectivity index (χ3v) is 1.78. The second-order valence-corrected chi connectivity index (χ2v) is 2.70. The van der Waals surface area contributed by atoms with Crippen molar-refractivity contribution in [2.45, 2.75) is 12.5 Å². The highest BCUT2D eigenvalue weighted by molar-refractivity contribution is 5.85. The van der Waals surface area contributed by atoms with Crippen LogP contribution in [0.2, 0.25) is 0 Å². The number of benzene rings is 1. The normalized spacial score (nSPS) is 10.5. The molecule has 0 spiro atoms. The van der Waals surface area contributed by atoms with Crippen LogP contribution in [0.4, 0.5) is 0 Å². The van der Waals surface area contributed by atoms with E-state index in [-0.39, 0.29) is 18.4 Å². The first-order valence-corrected chi connectivity index (χ1v) is 3.90. The molecule has 0 aromatic heterocycles. The van der Waals surface area contributed by atoms with Crippen LogP contribution in [0, 0.1) is 22.7 Å². The summed E-state index contributed by atoms with van der Waals surface area (Å²) < 4.78 is 0. The molecule has 0 aliphatic carbocycles. The zero-order chi connectivity index (χ0) is 9.68. The molecule has 0 amide bonds. The largest absolute Gasteiger partial charge is 0.323 e. The van der Waals surface area contributed by atoms with Gasteiger partial charge in [-0.1, -0.05) is 12.1 Å². The van der Waals surface area contributed by atoms with Crippen LogP contribution < -0.4 is 5.73 Å². The van der Waals surface area contributed by atoms with E-state index in [2.05, 4.69) is 0 Å². The minimum absolute atomic E-state index is 0. The number of rotatable bonds is 2. The smallest absolute Gasteiger partial charge is 0.0991 e. The van der Waals surface area contributed by atoms with E-state index < -0.39 is 0 Å². The molecule has 0 unspecified atom stereocenters. The summed E-state index contributed by atoms with van der Waals surface area (Å²) in [5, 5.41) is 17.0. The minimum Gasteiger partial charge on any atom is -0.323 e. The Morgan fingerprint density at radius 1 is 1.21 bits per heavy atom. The molecule has 1 rings (SSSR count). The van der Waals surface area contributed by atoms with Crippen LogP contribution in [0.25, 0.3) is 0 Å². The maximum absolute atomic E-state index is 8.54. The summed E-state index contributed by atoms with van der Waals surface area (Å²) in [6, 6.07) is 10.7. The van der Waals surface area contributed by atoms with Gasteiger partial charge in [-0.15, -0.1) is 12.4 Å². The molecule has 72 valence electrons. The van der Waals surface area contributed by atoms with Crippen molar-refractivity contribution in [1.29, 1.82) is 10.5 Å². The molecule has 0 saturated carbocycles. The standard InChI is InChI=1S/C10H9N3.ClH/c11-6-5-10(13)9-3-1-8(7-12)2-4-9;/h1-4,10H,5,13H2;1H/t10-;/m1./s1. The topological polar surface area (TPSA) is 73.6 Å². The summed E-state index contributed by atoms with van der Waals surface area (Å²) in [6.45, 7) is 0. The Kier molecular flexibility index (Phi) is 5.33. The number of nitrogens with zero attached hydrogens (tertiary/aromatic N) is 2. The number of halogens is 1. The lowest BCUT2D eigenvalue weighted by atomic mass is 10.0. The number of hydrogen-bond acceptors (Lipinski definition) is 3. The Morgan fingerprint density at radius 3 is 2.21 bits per heavy atom. The van der Waals surface area contributed by atoms with Crippen molar-refractivity contribution < 1.29 is 0 Å². The second kappa shape index (κ2) is 5.99. The van der Waals surface area contributed by atoms with Crippen molar-refractivity contribution in [3.63, 3.8) is 0 Å². The van der Waals surface area contributed by atoms with Crippen LogP contribution in [-0.2, 0) is 0 Å². The first-order chi connectivity index (χ1) is 6.27. The lowest BCUT2D eigenvalue weighted by molar-refractivity contribution is 0.748. The monoisotopic (exact) mass is 207 g/mol. The summed E-state index contributed by atoms with van der Waals surface area (Å²) in [5.74, 6) is 0. The third kappa shape index (κ3) is 3.06. The zero-order valence-corrected chi connectivity index (χ0v) is 8.29. The number of nitriles is 2. The molecule has 4 heteroatoms. The molecule has 0 heterocycles. The zero-order valence-electron chi connectivity index (χ0n) is 7.47. The molecule has 0 aliphatic heterocycles. The van der Waals surface area contributed by atoms with Crippen LogP contribution in [0.15, 0.2) is 24.3 Å². The van der Waals surface area contributed by atoms with E-state index in [1.807, 2.05) is 12.1 Å². The number of hydrogen-bond donors (Lipinski definition) is 1. The summed E-state index contributed by atoms with van der Waals surface area (Å²) in [7, 11) is 0. The predicted octanol–water partition coefficient (Wildman–Crippen LogP) is 1.89. The lowest BCUT2D eigenvalue weighted by Gasteiger charge is -2.06. The molecule has 0 fully saturated rings. The quantitative estimate of drug-likeness (QED) is 0.805. The Balaban J connectivity index is 0.00000169. The van der Waals surface area contributed by atoms with Gasteiger partial charge in [-0.25, -0.2) is 0 Å². The summed E-state index contributed by atoms with van der Waals surface area (Å²) in [5.41, 5.74) is 7.19. The highest BCUT2D eigenvalue weighted by atomic mass is 35.5. The van der Waals surface area contributed by atoms with E-state index in [4.69, 9.17) is 16.3 Å². The molecule has 0 radical (unpaired) electrons. The predicted molar refractivity (Wildman–Crippen MR) is 55.6 cm³/mol. The first-order valence-electron chi connectivity index (χ1n) is 3.90. The summed E-state index contributed by atoms with van der Waals surface area (Å²) in [6.07, 6.45) is 0.298. The molecule has 1 aromatic rings. The Morgan fingerprint density at radius 2 is 1.79 bits per heavy atom. The Hall–Kier alpha value is -1.55. The van der Waals surface area contributed by atoms with Gasteiger partial charge in [-0.3, -0.25) is 0 Å². The van der Waals surface area contributed by atoms with Crippen molar-refractivity contribution in [1.82, 2.24) is 0 Å². The van der Waals surface area contributed by atoms with Gasteiger partial charge in [0.15, 0.2) is 0 Å². The van der Waals surface area contributed by atoms with E-state index in [9.17, 15) is 0 Å². The fourth-order valence-electron chi connectivity index (χ4n) is 1.02. The molecule has 1 atom stereocenters. The van der Waals surface area contributed by atoms with Crippen molar-refractivity contribution in [2.75, 3.05) is 0 Å². The third-order valence-electron chi connectivity index (χ3n) is 1.78. The summed E-state index contributed by atoms with van der Waals surface area (Å²) in [4.78, 5) is 0. The SMILES string of the molecule is Cl.N#CC[C@@H](N)c1ccc(C#N)cc1. The highest BCUT2D eigenvalue weighted by Crippen LogP contribution is 2.13. The van der Waals surface area contributed by atoms with Crippen molar-refractivity contribution in [3.8, 4) is 12.1 Å². The molecular weight excluding hydrogens is 198 g/mol. The van der Waals surface area contributed by atoms with Crippen molar-refractivity contribution >= 4 is 12.4 Å². The lowest BCUT2D eigenvalue weighted by Crippen LogP contribution is -2.08. The second-order valence-electron chi connectivity index (χ2n) is 2.70. The van der Waals surface area contributed by atoms with Gasteiger partial charge in [-0.2, -0.15) is 10.5 Å². The molecule has 0 saturated heterocycles. The maximum Gasteiger partial charge on any atom is 0.0991 e. The van der Waals surface area contributed by atoms with Gasteiger partial charge < -0.3 is 5.73 Å². The first kappa shape index (κ1) is 12.4. The van der Waals surface area contributed by atoms with E-state index in [1.165, 1.54) is 0 Å². The molecule has 2 N–H and O–H groups in total. The molecular formula is C10H10ClN3. The molecule has 14 heavy (non-hydrogen) atoms. The van der Waals surface area contributed by atoms with Gasteiger partial charge in [0, 0.05) is 6.04 Å². The van der Waals surface area contributed by atoms with Crippen LogP contribution in [-0.4, -0.2) is 0 Å². The van der Waals surface area contributed by atoms with E-state index in [0.29, 0.717) is 12.0 Å². The minimum atomic E-state index is -0.252. The highest BCUT2D eigenvalue weighted by Gasteiger charge is 2.03. The van der Waals surface area contributed by atoms with Gasteiger partial charge in [0.2, 0.25) is 0 Å². The van der Waals surface area contributed by atoms with Crippen LogP contribution in [0.5, 0.6) is 0 Å². The summed E-state index contributed by atoms with van der Waals surface area (Å²) >= 11 is 0. The fourth-order valence-corrected chi connectivity index (χ4v) is 1.02. The maximum atomic E-state index is 8.54. The number of nitrogens with two attached hydrogens (primary N) is 1. The Bertz CT molecular complexity index is 358. The molecule has 1 aromatic carbocycles. The van der Waals surface area contributed by atoms with Gasteiger partial charge in [0.1, 0.15) is 0 Å². The molecule has 3 nitrogen and oxygen atoms in total. The van der Waals surface area contributed by atoms with Crippen LogP contribution >= 0.6 is 12.4 Å².